The highest BCUT2D eigenvalue weighted by Gasteiger charge is 2.21. The van der Waals surface area contributed by atoms with Crippen LogP contribution in [0.2, 0.25) is 0 Å². The zero-order chi connectivity index (χ0) is 13.5. The molecule has 1 unspecified atom stereocenters. The largest absolute Gasteiger partial charge is 0.392 e. The number of morpholine rings is 1. The minimum Gasteiger partial charge on any atom is -0.392 e. The highest BCUT2D eigenvalue weighted by atomic mass is 16.5. The standard InChI is InChI=1S/C13H27N3O3/c1-14-2-4-15(5-3-14)6-11-19-13(12-17)16-7-9-18-10-8-16/h13,17H,2-12H2,1H3. The molecule has 2 aliphatic heterocycles. The molecule has 0 spiro atoms. The summed E-state index contributed by atoms with van der Waals surface area (Å²) in [5.74, 6) is 0. The average molecular weight is 273 g/mol. The molecule has 2 saturated heterocycles. The number of piperazine rings is 1. The summed E-state index contributed by atoms with van der Waals surface area (Å²) in [7, 11) is 2.16. The highest BCUT2D eigenvalue weighted by molar-refractivity contribution is 4.70. The number of aliphatic hydroxyl groups is 1. The first-order valence-electron chi connectivity index (χ1n) is 7.25. The molecule has 19 heavy (non-hydrogen) atoms. The molecular weight excluding hydrogens is 246 g/mol. The van der Waals surface area contributed by atoms with Crippen molar-refractivity contribution in [1.29, 1.82) is 0 Å². The smallest absolute Gasteiger partial charge is 0.134 e. The summed E-state index contributed by atoms with van der Waals surface area (Å²) in [6.45, 7) is 9.35. The molecule has 2 heterocycles. The number of rotatable bonds is 6. The van der Waals surface area contributed by atoms with E-state index in [1.165, 1.54) is 0 Å². The van der Waals surface area contributed by atoms with Crippen LogP contribution in [-0.2, 0) is 9.47 Å². The fraction of sp³-hybridized carbons (Fsp3) is 1.00. The van der Waals surface area contributed by atoms with Crippen LogP contribution < -0.4 is 0 Å². The number of likely N-dealkylation sites (N-methyl/N-ethyl adjacent to an activating group) is 1. The molecule has 2 fully saturated rings. The molecule has 0 radical (unpaired) electrons. The lowest BCUT2D eigenvalue weighted by atomic mass is 10.3. The second-order valence-corrected chi connectivity index (χ2v) is 5.30. The zero-order valence-corrected chi connectivity index (χ0v) is 12.0. The average Bonchev–Trinajstić information content (AvgIpc) is 2.46. The van der Waals surface area contributed by atoms with Crippen LogP contribution in [0.1, 0.15) is 0 Å². The minimum absolute atomic E-state index is 0.0583. The van der Waals surface area contributed by atoms with Gasteiger partial charge in [-0.3, -0.25) is 9.80 Å². The molecule has 0 saturated carbocycles. The van der Waals surface area contributed by atoms with Crippen molar-refractivity contribution in [2.75, 3.05) is 79.3 Å². The Bertz CT molecular complexity index is 241. The SMILES string of the molecule is CN1CCN(CCOC(CO)N2CCOCC2)CC1. The molecular formula is C13H27N3O3. The van der Waals surface area contributed by atoms with Crippen molar-refractivity contribution in [3.8, 4) is 0 Å². The molecule has 0 bridgehead atoms. The van der Waals surface area contributed by atoms with Crippen molar-refractivity contribution in [3.63, 3.8) is 0 Å². The van der Waals surface area contributed by atoms with Crippen molar-refractivity contribution in [2.45, 2.75) is 6.23 Å². The normalized spacial score (nSPS) is 25.6. The molecule has 6 nitrogen and oxygen atoms in total. The quantitative estimate of drug-likeness (QED) is 0.663. The van der Waals surface area contributed by atoms with Crippen molar-refractivity contribution in [1.82, 2.24) is 14.7 Å². The molecule has 2 aliphatic rings. The van der Waals surface area contributed by atoms with Crippen LogP contribution in [0.25, 0.3) is 0 Å². The summed E-state index contributed by atoms with van der Waals surface area (Å²) in [6.07, 6.45) is -0.170. The number of ether oxygens (including phenoxy) is 2. The van der Waals surface area contributed by atoms with Gasteiger partial charge in [0.25, 0.3) is 0 Å². The van der Waals surface area contributed by atoms with E-state index in [1.54, 1.807) is 0 Å². The second-order valence-electron chi connectivity index (χ2n) is 5.30. The molecule has 0 aromatic heterocycles. The Morgan fingerprint density at radius 3 is 2.42 bits per heavy atom. The lowest BCUT2D eigenvalue weighted by molar-refractivity contribution is -0.119. The zero-order valence-electron chi connectivity index (χ0n) is 12.0. The third-order valence-corrected chi connectivity index (χ3v) is 3.92. The van der Waals surface area contributed by atoms with E-state index in [2.05, 4.69) is 21.7 Å². The molecule has 0 aromatic rings. The monoisotopic (exact) mass is 273 g/mol. The van der Waals surface area contributed by atoms with Gasteiger partial charge in [0.15, 0.2) is 0 Å². The van der Waals surface area contributed by atoms with E-state index < -0.39 is 0 Å². The molecule has 0 aliphatic carbocycles. The van der Waals surface area contributed by atoms with Crippen LogP contribution in [0.4, 0.5) is 0 Å². The number of aliphatic hydroxyl groups excluding tert-OH is 1. The first kappa shape index (κ1) is 15.2. The molecule has 2 rings (SSSR count). The van der Waals surface area contributed by atoms with Gasteiger partial charge < -0.3 is 19.5 Å². The maximum absolute atomic E-state index is 9.42. The summed E-state index contributed by atoms with van der Waals surface area (Å²) in [4.78, 5) is 6.93. The van der Waals surface area contributed by atoms with Crippen molar-refractivity contribution in [3.05, 3.63) is 0 Å². The van der Waals surface area contributed by atoms with Gasteiger partial charge in [-0.25, -0.2) is 0 Å². The van der Waals surface area contributed by atoms with Crippen LogP contribution in [0, 0.1) is 0 Å². The van der Waals surface area contributed by atoms with Crippen LogP contribution >= 0.6 is 0 Å². The Labute approximate surface area is 115 Å². The first-order chi connectivity index (χ1) is 9.29. The van der Waals surface area contributed by atoms with Gasteiger partial charge in [0.2, 0.25) is 0 Å². The molecule has 0 aromatic carbocycles. The van der Waals surface area contributed by atoms with E-state index in [0.717, 1.165) is 59.0 Å². The molecule has 112 valence electrons. The Kier molecular flexibility index (Phi) is 6.49. The van der Waals surface area contributed by atoms with Crippen LogP contribution in [-0.4, -0.2) is 105 Å². The Morgan fingerprint density at radius 2 is 1.79 bits per heavy atom. The van der Waals surface area contributed by atoms with Gasteiger partial charge in [-0.15, -0.1) is 0 Å². The van der Waals surface area contributed by atoms with E-state index in [9.17, 15) is 5.11 Å². The molecule has 0 amide bonds. The fourth-order valence-corrected chi connectivity index (χ4v) is 2.53. The lowest BCUT2D eigenvalue weighted by Gasteiger charge is -2.35. The lowest BCUT2D eigenvalue weighted by Crippen LogP contribution is -2.48. The maximum Gasteiger partial charge on any atom is 0.134 e. The Balaban J connectivity index is 1.62. The Morgan fingerprint density at radius 1 is 1.11 bits per heavy atom. The van der Waals surface area contributed by atoms with E-state index in [0.29, 0.717) is 6.61 Å². The summed E-state index contributed by atoms with van der Waals surface area (Å²) in [5, 5.41) is 9.42. The van der Waals surface area contributed by atoms with Crippen molar-refractivity contribution >= 4 is 0 Å². The predicted molar refractivity (Wildman–Crippen MR) is 73.2 cm³/mol. The van der Waals surface area contributed by atoms with E-state index in [4.69, 9.17) is 9.47 Å². The minimum atomic E-state index is -0.170. The summed E-state index contributed by atoms with van der Waals surface area (Å²) in [5.41, 5.74) is 0. The highest BCUT2D eigenvalue weighted by Crippen LogP contribution is 2.06. The van der Waals surface area contributed by atoms with E-state index >= 15 is 0 Å². The maximum atomic E-state index is 9.42. The van der Waals surface area contributed by atoms with Gasteiger partial charge in [-0.05, 0) is 7.05 Å². The van der Waals surface area contributed by atoms with Gasteiger partial charge in [0, 0.05) is 45.8 Å². The second kappa shape index (κ2) is 8.14. The van der Waals surface area contributed by atoms with Gasteiger partial charge in [-0.1, -0.05) is 0 Å². The van der Waals surface area contributed by atoms with Gasteiger partial charge in [0.1, 0.15) is 6.23 Å². The number of hydrogen-bond acceptors (Lipinski definition) is 6. The van der Waals surface area contributed by atoms with Gasteiger partial charge in [-0.2, -0.15) is 0 Å². The molecule has 1 atom stereocenters. The van der Waals surface area contributed by atoms with Crippen molar-refractivity contribution in [2.24, 2.45) is 0 Å². The number of nitrogens with zero attached hydrogens (tertiary/aromatic N) is 3. The summed E-state index contributed by atoms with van der Waals surface area (Å²) < 4.78 is 11.1. The van der Waals surface area contributed by atoms with Crippen LogP contribution in [0.15, 0.2) is 0 Å². The topological polar surface area (TPSA) is 48.4 Å². The van der Waals surface area contributed by atoms with Crippen molar-refractivity contribution < 1.29 is 14.6 Å². The first-order valence-corrected chi connectivity index (χ1v) is 7.25. The third kappa shape index (κ3) is 4.98. The summed E-state index contributed by atoms with van der Waals surface area (Å²) >= 11 is 0. The Hall–Kier alpha value is -0.240. The number of hydrogen-bond donors (Lipinski definition) is 1. The molecule has 1 N–H and O–H groups in total. The van der Waals surface area contributed by atoms with E-state index in [-0.39, 0.29) is 12.8 Å². The van der Waals surface area contributed by atoms with Crippen LogP contribution in [0.5, 0.6) is 0 Å². The predicted octanol–water partition coefficient (Wildman–Crippen LogP) is -1.10. The fourth-order valence-electron chi connectivity index (χ4n) is 2.53. The van der Waals surface area contributed by atoms with Gasteiger partial charge >= 0.3 is 0 Å². The third-order valence-electron chi connectivity index (χ3n) is 3.92. The van der Waals surface area contributed by atoms with E-state index in [1.807, 2.05) is 0 Å². The van der Waals surface area contributed by atoms with Gasteiger partial charge in [0.05, 0.1) is 26.4 Å². The molecule has 6 heteroatoms. The summed E-state index contributed by atoms with van der Waals surface area (Å²) in [6, 6.07) is 0. The van der Waals surface area contributed by atoms with Crippen LogP contribution in [0.3, 0.4) is 0 Å².